The topological polar surface area (TPSA) is 78.8 Å². The molecule has 0 spiro atoms. The van der Waals surface area contributed by atoms with Crippen molar-refractivity contribution in [1.82, 2.24) is 15.6 Å². The number of aromatic nitrogens is 1. The van der Waals surface area contributed by atoms with E-state index in [0.717, 1.165) is 41.7 Å². The van der Waals surface area contributed by atoms with Crippen LogP contribution in [0.3, 0.4) is 0 Å². The minimum atomic E-state index is -0.701. The van der Waals surface area contributed by atoms with Gasteiger partial charge in [-0.1, -0.05) is 36.4 Å². The number of hydrogen-bond donors (Lipinski definition) is 3. The molecule has 3 aromatic rings. The normalized spacial score (nSPS) is 12.3. The van der Waals surface area contributed by atoms with E-state index in [-0.39, 0.29) is 36.6 Å². The monoisotopic (exact) mass is 548 g/mol. The molecule has 0 aliphatic heterocycles. The minimum Gasteiger partial charge on any atom is -0.491 e. The summed E-state index contributed by atoms with van der Waals surface area (Å²) in [5.41, 5.74) is 3.02. The van der Waals surface area contributed by atoms with Crippen molar-refractivity contribution in [3.05, 3.63) is 71.9 Å². The van der Waals surface area contributed by atoms with Crippen LogP contribution in [-0.2, 0) is 6.42 Å². The van der Waals surface area contributed by atoms with Crippen LogP contribution in [0.5, 0.6) is 5.75 Å². The fraction of sp³-hybridized carbons (Fsp3) is 0.360. The Kier molecular flexibility index (Phi) is 10.7. The largest absolute Gasteiger partial charge is 0.491 e. The zero-order valence-electron chi connectivity index (χ0n) is 18.9. The fourth-order valence-corrected chi connectivity index (χ4v) is 3.38. The Morgan fingerprint density at radius 3 is 2.66 bits per heavy atom. The predicted molar refractivity (Wildman–Crippen MR) is 142 cm³/mol. The molecule has 7 heteroatoms. The Morgan fingerprint density at radius 2 is 1.88 bits per heavy atom. The number of pyridine rings is 1. The lowest BCUT2D eigenvalue weighted by Gasteiger charge is -2.15. The molecule has 1 heterocycles. The molecule has 0 aliphatic rings. The quantitative estimate of drug-likeness (QED) is 0.209. The Bertz CT molecular complexity index is 1000. The molecule has 32 heavy (non-hydrogen) atoms. The van der Waals surface area contributed by atoms with Gasteiger partial charge in [0.1, 0.15) is 5.75 Å². The van der Waals surface area contributed by atoms with Crippen LogP contribution in [0.4, 0.5) is 0 Å². The van der Waals surface area contributed by atoms with Crippen molar-refractivity contribution in [2.45, 2.75) is 39.4 Å². The zero-order valence-corrected chi connectivity index (χ0v) is 21.2. The first kappa shape index (κ1) is 25.9. The number of benzene rings is 2. The number of aliphatic hydroxyl groups excluding tert-OH is 1. The second kappa shape index (κ2) is 13.2. The smallest absolute Gasteiger partial charge is 0.191 e. The Labute approximate surface area is 207 Å². The van der Waals surface area contributed by atoms with Crippen molar-refractivity contribution < 1.29 is 9.84 Å². The Hall–Kier alpha value is -2.39. The Morgan fingerprint density at radius 1 is 1.09 bits per heavy atom. The molecule has 3 N–H and O–H groups in total. The summed E-state index contributed by atoms with van der Waals surface area (Å²) in [7, 11) is 0. The number of halogens is 1. The maximum absolute atomic E-state index is 10.6. The van der Waals surface area contributed by atoms with E-state index in [4.69, 9.17) is 4.74 Å². The minimum absolute atomic E-state index is 0. The summed E-state index contributed by atoms with van der Waals surface area (Å²) in [6.45, 7) is 7.71. The highest BCUT2D eigenvalue weighted by molar-refractivity contribution is 14.0. The molecule has 0 bridgehead atoms. The summed E-state index contributed by atoms with van der Waals surface area (Å²) in [6.07, 6.45) is 2.05. The number of nitrogens with zero attached hydrogens (tertiary/aromatic N) is 2. The maximum Gasteiger partial charge on any atom is 0.191 e. The number of guanidine groups is 1. The summed E-state index contributed by atoms with van der Waals surface area (Å²) in [4.78, 5) is 9.08. The molecule has 2 aromatic carbocycles. The molecule has 0 radical (unpaired) electrons. The molecule has 3 rings (SSSR count). The van der Waals surface area contributed by atoms with Gasteiger partial charge in [-0.15, -0.1) is 24.0 Å². The van der Waals surface area contributed by atoms with Crippen LogP contribution >= 0.6 is 24.0 Å². The van der Waals surface area contributed by atoms with Gasteiger partial charge in [-0.25, -0.2) is 0 Å². The number of nitrogens with one attached hydrogen (secondary N) is 2. The Balaban J connectivity index is 0.00000363. The highest BCUT2D eigenvalue weighted by Gasteiger charge is 2.10. The van der Waals surface area contributed by atoms with Gasteiger partial charge in [0.25, 0.3) is 0 Å². The average molecular weight is 548 g/mol. The summed E-state index contributed by atoms with van der Waals surface area (Å²) >= 11 is 0. The highest BCUT2D eigenvalue weighted by atomic mass is 127. The van der Waals surface area contributed by atoms with Gasteiger partial charge >= 0.3 is 0 Å². The third kappa shape index (κ3) is 7.63. The molecule has 0 saturated heterocycles. The van der Waals surface area contributed by atoms with Crippen LogP contribution in [0.1, 0.15) is 38.0 Å². The van der Waals surface area contributed by atoms with Gasteiger partial charge in [0, 0.05) is 24.7 Å². The molecule has 0 fully saturated rings. The van der Waals surface area contributed by atoms with Crippen LogP contribution < -0.4 is 15.4 Å². The summed E-state index contributed by atoms with van der Waals surface area (Å²) in [6, 6.07) is 17.8. The number of hydrogen-bond acceptors (Lipinski definition) is 4. The van der Waals surface area contributed by atoms with Gasteiger partial charge in [-0.05, 0) is 56.5 Å². The number of ether oxygens (including phenoxy) is 1. The highest BCUT2D eigenvalue weighted by Crippen LogP contribution is 2.20. The number of fused-ring (bicyclic) bond motifs is 1. The van der Waals surface area contributed by atoms with E-state index in [2.05, 4.69) is 44.9 Å². The van der Waals surface area contributed by atoms with Gasteiger partial charge in [-0.2, -0.15) is 0 Å². The molecule has 1 unspecified atom stereocenters. The molecule has 0 aliphatic carbocycles. The van der Waals surface area contributed by atoms with Crippen molar-refractivity contribution >= 4 is 40.8 Å². The number of aliphatic hydroxyl groups is 1. The molecular weight excluding hydrogens is 515 g/mol. The van der Waals surface area contributed by atoms with E-state index in [1.807, 2.05) is 57.3 Å². The van der Waals surface area contributed by atoms with Gasteiger partial charge in [0.15, 0.2) is 5.96 Å². The van der Waals surface area contributed by atoms with Crippen molar-refractivity contribution in [3.63, 3.8) is 0 Å². The van der Waals surface area contributed by atoms with Gasteiger partial charge in [0.05, 0.1) is 24.3 Å². The van der Waals surface area contributed by atoms with Gasteiger partial charge < -0.3 is 20.5 Å². The first-order valence-corrected chi connectivity index (χ1v) is 10.9. The predicted octanol–water partition coefficient (Wildman–Crippen LogP) is 4.47. The van der Waals surface area contributed by atoms with Crippen molar-refractivity contribution in [3.8, 4) is 5.75 Å². The molecule has 1 atom stereocenters. The van der Waals surface area contributed by atoms with E-state index in [0.29, 0.717) is 5.96 Å². The lowest BCUT2D eigenvalue weighted by atomic mass is 10.1. The van der Waals surface area contributed by atoms with Gasteiger partial charge in [0.2, 0.25) is 0 Å². The number of para-hydroxylation sites is 1. The van der Waals surface area contributed by atoms with E-state index in [1.54, 1.807) is 0 Å². The van der Waals surface area contributed by atoms with Crippen LogP contribution in [0, 0.1) is 0 Å². The standard InChI is InChI=1S/C25H32N4O2.HI/c1-4-26-25(28-15-13-20-9-5-8-19-11-7-14-27-24(19)20)29-17-23(30)21-10-6-12-22(16-21)31-18(2)3;/h5-12,14,16,18,23,30H,4,13,15,17H2,1-3H3,(H2,26,28,29);1H. The molecule has 0 saturated carbocycles. The summed E-state index contributed by atoms with van der Waals surface area (Å²) < 4.78 is 5.72. The number of aliphatic imine (C=N–C) groups is 1. The van der Waals surface area contributed by atoms with E-state index >= 15 is 0 Å². The van der Waals surface area contributed by atoms with E-state index in [1.165, 1.54) is 5.56 Å². The van der Waals surface area contributed by atoms with Crippen LogP contribution in [0.2, 0.25) is 0 Å². The third-order valence-electron chi connectivity index (χ3n) is 4.78. The van der Waals surface area contributed by atoms with E-state index in [9.17, 15) is 5.11 Å². The fourth-order valence-electron chi connectivity index (χ4n) is 3.38. The summed E-state index contributed by atoms with van der Waals surface area (Å²) in [5, 5.41) is 18.3. The van der Waals surface area contributed by atoms with E-state index < -0.39 is 6.10 Å². The second-order valence-corrected chi connectivity index (χ2v) is 7.64. The lowest BCUT2D eigenvalue weighted by molar-refractivity contribution is 0.185. The maximum atomic E-state index is 10.6. The molecule has 0 amide bonds. The average Bonchev–Trinajstić information content (AvgIpc) is 2.77. The lowest BCUT2D eigenvalue weighted by Crippen LogP contribution is -2.38. The van der Waals surface area contributed by atoms with Gasteiger partial charge in [-0.3, -0.25) is 9.98 Å². The first-order chi connectivity index (χ1) is 15.1. The van der Waals surface area contributed by atoms with Crippen LogP contribution in [0.25, 0.3) is 10.9 Å². The molecule has 172 valence electrons. The zero-order chi connectivity index (χ0) is 22.1. The van der Waals surface area contributed by atoms with Crippen LogP contribution in [-0.4, -0.2) is 41.8 Å². The molecular formula is C25H33IN4O2. The molecule has 1 aromatic heterocycles. The molecule has 6 nitrogen and oxygen atoms in total. The second-order valence-electron chi connectivity index (χ2n) is 7.64. The van der Waals surface area contributed by atoms with Crippen molar-refractivity contribution in [1.29, 1.82) is 0 Å². The number of rotatable bonds is 9. The first-order valence-electron chi connectivity index (χ1n) is 10.9. The van der Waals surface area contributed by atoms with Crippen molar-refractivity contribution in [2.75, 3.05) is 19.6 Å². The van der Waals surface area contributed by atoms with Crippen molar-refractivity contribution in [2.24, 2.45) is 4.99 Å². The third-order valence-corrected chi connectivity index (χ3v) is 4.78. The summed E-state index contributed by atoms with van der Waals surface area (Å²) in [5.74, 6) is 1.44. The van der Waals surface area contributed by atoms with Crippen LogP contribution in [0.15, 0.2) is 65.8 Å². The SMILES string of the molecule is CCNC(=NCC(O)c1cccc(OC(C)C)c1)NCCc1cccc2cccnc12.I.